The van der Waals surface area contributed by atoms with Crippen LogP contribution < -0.4 is 15.5 Å². The third-order valence-electron chi connectivity index (χ3n) is 4.19. The summed E-state index contributed by atoms with van der Waals surface area (Å²) in [6.45, 7) is 5.04. The Labute approximate surface area is 156 Å². The Kier molecular flexibility index (Phi) is 6.44. The van der Waals surface area contributed by atoms with Crippen LogP contribution in [0.1, 0.15) is 5.56 Å². The molecular weight excluding hydrogens is 382 g/mol. The quantitative estimate of drug-likeness (QED) is 0.689. The second-order valence-electron chi connectivity index (χ2n) is 6.14. The van der Waals surface area contributed by atoms with Crippen molar-refractivity contribution in [1.82, 2.24) is 0 Å². The molecule has 0 spiro atoms. The molecule has 3 rings (SSSR count). The molecule has 1 heterocycles. The average molecular weight is 405 g/mol. The summed E-state index contributed by atoms with van der Waals surface area (Å²) in [4.78, 5) is 13.6. The minimum Gasteiger partial charge on any atom is -0.376 e. The molecule has 0 radical (unpaired) electrons. The third kappa shape index (κ3) is 5.85. The lowest BCUT2D eigenvalue weighted by Crippen LogP contribution is -3.12. The molecule has 1 aliphatic rings. The first kappa shape index (κ1) is 17.9. The van der Waals surface area contributed by atoms with Crippen LogP contribution in [0.2, 0.25) is 0 Å². The highest BCUT2D eigenvalue weighted by molar-refractivity contribution is 9.10. The van der Waals surface area contributed by atoms with E-state index in [0.717, 1.165) is 48.7 Å². The zero-order valence-electron chi connectivity index (χ0n) is 14.1. The van der Waals surface area contributed by atoms with Crippen LogP contribution in [0.25, 0.3) is 0 Å². The zero-order valence-corrected chi connectivity index (χ0v) is 15.6. The molecule has 5 nitrogen and oxygen atoms in total. The monoisotopic (exact) mass is 404 g/mol. The van der Waals surface area contributed by atoms with Gasteiger partial charge in [-0.2, -0.15) is 0 Å². The number of carbonyl (C=O) groups excluding carboxylic acids is 1. The molecule has 2 aromatic rings. The number of anilines is 2. The predicted octanol–water partition coefficient (Wildman–Crippen LogP) is 1.91. The number of morpholine rings is 1. The number of benzene rings is 2. The number of hydrogen-bond donors (Lipinski definition) is 3. The van der Waals surface area contributed by atoms with Crippen molar-refractivity contribution < 1.29 is 14.4 Å². The lowest BCUT2D eigenvalue weighted by Gasteiger charge is -2.23. The van der Waals surface area contributed by atoms with Crippen molar-refractivity contribution in [2.45, 2.75) is 6.54 Å². The Morgan fingerprint density at radius 1 is 1.00 bits per heavy atom. The zero-order chi connectivity index (χ0) is 17.5. The molecule has 1 saturated heterocycles. The Morgan fingerprint density at radius 3 is 2.32 bits per heavy atom. The second kappa shape index (κ2) is 8.99. The number of quaternary nitrogens is 1. The van der Waals surface area contributed by atoms with E-state index in [-0.39, 0.29) is 12.5 Å². The fraction of sp³-hybridized carbons (Fsp3) is 0.316. The number of hydrogen-bond acceptors (Lipinski definition) is 3. The highest BCUT2D eigenvalue weighted by Gasteiger charge is 2.14. The fourth-order valence-electron chi connectivity index (χ4n) is 2.79. The molecule has 0 unspecified atom stereocenters. The normalized spacial score (nSPS) is 14.9. The van der Waals surface area contributed by atoms with Crippen molar-refractivity contribution in [3.05, 3.63) is 58.6 Å². The number of ether oxygens (including phenoxy) is 1. The van der Waals surface area contributed by atoms with Gasteiger partial charge in [0.15, 0.2) is 0 Å². The van der Waals surface area contributed by atoms with E-state index in [1.165, 1.54) is 5.56 Å². The van der Waals surface area contributed by atoms with E-state index in [2.05, 4.69) is 38.7 Å². The molecule has 0 saturated carbocycles. The first-order chi connectivity index (χ1) is 12.2. The summed E-state index contributed by atoms with van der Waals surface area (Å²) in [5.41, 5.74) is 3.02. The molecule has 1 amide bonds. The summed E-state index contributed by atoms with van der Waals surface area (Å²) in [6, 6.07) is 15.8. The summed E-state index contributed by atoms with van der Waals surface area (Å²) in [7, 11) is 0. The molecule has 0 atom stereocenters. The van der Waals surface area contributed by atoms with Crippen LogP contribution in [-0.4, -0.2) is 38.8 Å². The molecule has 25 heavy (non-hydrogen) atoms. The van der Waals surface area contributed by atoms with E-state index in [9.17, 15) is 4.79 Å². The number of amides is 1. The average Bonchev–Trinajstić information content (AvgIpc) is 2.64. The van der Waals surface area contributed by atoms with Gasteiger partial charge in [0.2, 0.25) is 5.91 Å². The SMILES string of the molecule is O=C(CNc1ccc(Br)cc1)Nc1ccc(C[NH+]2CCOCC2)cc1. The van der Waals surface area contributed by atoms with Crippen molar-refractivity contribution in [3.63, 3.8) is 0 Å². The molecule has 0 bridgehead atoms. The number of carbonyl (C=O) groups is 1. The van der Waals surface area contributed by atoms with E-state index < -0.39 is 0 Å². The predicted molar refractivity (Wildman–Crippen MR) is 103 cm³/mol. The van der Waals surface area contributed by atoms with Gasteiger partial charge in [-0.15, -0.1) is 0 Å². The van der Waals surface area contributed by atoms with Crippen LogP contribution in [0.3, 0.4) is 0 Å². The van der Waals surface area contributed by atoms with Crippen LogP contribution in [0.5, 0.6) is 0 Å². The van der Waals surface area contributed by atoms with Gasteiger partial charge in [-0.25, -0.2) is 0 Å². The van der Waals surface area contributed by atoms with Crippen LogP contribution in [-0.2, 0) is 16.1 Å². The van der Waals surface area contributed by atoms with E-state index in [1.807, 2.05) is 36.4 Å². The molecule has 132 valence electrons. The van der Waals surface area contributed by atoms with E-state index in [0.29, 0.717) is 0 Å². The second-order valence-corrected chi connectivity index (χ2v) is 7.06. The largest absolute Gasteiger partial charge is 0.376 e. The Morgan fingerprint density at radius 2 is 1.64 bits per heavy atom. The van der Waals surface area contributed by atoms with Gasteiger partial charge < -0.3 is 20.3 Å². The maximum Gasteiger partial charge on any atom is 0.243 e. The Bertz CT molecular complexity index is 683. The van der Waals surface area contributed by atoms with Crippen molar-refractivity contribution in [1.29, 1.82) is 0 Å². The standard InChI is InChI=1S/C19H22BrN3O2/c20-16-3-7-17(8-4-16)21-13-19(24)22-18-5-1-15(2-6-18)14-23-9-11-25-12-10-23/h1-8,21H,9-14H2,(H,22,24)/p+1. The summed E-state index contributed by atoms with van der Waals surface area (Å²) < 4.78 is 6.40. The van der Waals surface area contributed by atoms with Crippen LogP contribution in [0.4, 0.5) is 11.4 Å². The Hall–Kier alpha value is -1.89. The minimum absolute atomic E-state index is 0.0607. The molecule has 3 N–H and O–H groups in total. The smallest absolute Gasteiger partial charge is 0.243 e. The van der Waals surface area contributed by atoms with Gasteiger partial charge in [0, 0.05) is 21.4 Å². The summed E-state index contributed by atoms with van der Waals surface area (Å²) >= 11 is 3.39. The van der Waals surface area contributed by atoms with Crippen molar-refractivity contribution >= 4 is 33.2 Å². The number of halogens is 1. The van der Waals surface area contributed by atoms with E-state index >= 15 is 0 Å². The van der Waals surface area contributed by atoms with Gasteiger partial charge in [0.1, 0.15) is 19.6 Å². The van der Waals surface area contributed by atoms with Crippen LogP contribution >= 0.6 is 15.9 Å². The molecule has 6 heteroatoms. The highest BCUT2D eigenvalue weighted by Crippen LogP contribution is 2.14. The van der Waals surface area contributed by atoms with Gasteiger partial charge in [-0.05, 0) is 36.4 Å². The van der Waals surface area contributed by atoms with Crippen molar-refractivity contribution in [2.24, 2.45) is 0 Å². The summed E-state index contributed by atoms with van der Waals surface area (Å²) in [6.07, 6.45) is 0. The molecule has 2 aromatic carbocycles. The third-order valence-corrected chi connectivity index (χ3v) is 4.72. The topological polar surface area (TPSA) is 54.8 Å². The first-order valence-electron chi connectivity index (χ1n) is 8.48. The lowest BCUT2D eigenvalue weighted by atomic mass is 10.2. The van der Waals surface area contributed by atoms with E-state index in [4.69, 9.17) is 4.74 Å². The van der Waals surface area contributed by atoms with Gasteiger partial charge in [-0.3, -0.25) is 4.79 Å². The maximum absolute atomic E-state index is 12.1. The fourth-order valence-corrected chi connectivity index (χ4v) is 3.05. The van der Waals surface area contributed by atoms with Gasteiger partial charge in [-0.1, -0.05) is 28.1 Å². The lowest BCUT2D eigenvalue weighted by molar-refractivity contribution is -0.921. The molecule has 0 aromatic heterocycles. The molecule has 1 aliphatic heterocycles. The van der Waals surface area contributed by atoms with Crippen LogP contribution in [0.15, 0.2) is 53.0 Å². The Balaban J connectivity index is 1.45. The van der Waals surface area contributed by atoms with Crippen molar-refractivity contribution in [2.75, 3.05) is 43.5 Å². The molecule has 1 fully saturated rings. The molecular formula is C19H23BrN3O2+. The summed E-state index contributed by atoms with van der Waals surface area (Å²) in [5.74, 6) is -0.0607. The molecule has 0 aliphatic carbocycles. The maximum atomic E-state index is 12.1. The van der Waals surface area contributed by atoms with Gasteiger partial charge in [0.25, 0.3) is 0 Å². The van der Waals surface area contributed by atoms with Crippen LogP contribution in [0, 0.1) is 0 Å². The van der Waals surface area contributed by atoms with Crippen molar-refractivity contribution in [3.8, 4) is 0 Å². The van der Waals surface area contributed by atoms with E-state index in [1.54, 1.807) is 4.90 Å². The number of rotatable bonds is 6. The summed E-state index contributed by atoms with van der Waals surface area (Å²) in [5, 5.41) is 6.03. The number of nitrogens with one attached hydrogen (secondary N) is 3. The van der Waals surface area contributed by atoms with Gasteiger partial charge in [0.05, 0.1) is 19.8 Å². The van der Waals surface area contributed by atoms with Gasteiger partial charge >= 0.3 is 0 Å². The first-order valence-corrected chi connectivity index (χ1v) is 9.28. The highest BCUT2D eigenvalue weighted by atomic mass is 79.9. The minimum atomic E-state index is -0.0607.